The Hall–Kier alpha value is -0.610. The van der Waals surface area contributed by atoms with E-state index in [9.17, 15) is 9.18 Å². The van der Waals surface area contributed by atoms with E-state index in [0.717, 1.165) is 11.3 Å². The van der Waals surface area contributed by atoms with E-state index in [0.29, 0.717) is 0 Å². The summed E-state index contributed by atoms with van der Waals surface area (Å²) in [4.78, 5) is 11.2. The highest BCUT2D eigenvalue weighted by Crippen LogP contribution is 2.31. The summed E-state index contributed by atoms with van der Waals surface area (Å²) < 4.78 is 17.8. The van der Waals surface area contributed by atoms with Crippen molar-refractivity contribution in [3.63, 3.8) is 0 Å². The lowest BCUT2D eigenvalue weighted by molar-refractivity contribution is -0.149. The van der Waals surface area contributed by atoms with Gasteiger partial charge in [-0.15, -0.1) is 11.3 Å². The summed E-state index contributed by atoms with van der Waals surface area (Å²) in [6, 6.07) is 1.55. The van der Waals surface area contributed by atoms with E-state index >= 15 is 0 Å². The SMILES string of the molecule is CCOC(=O)C(F)c1sccc1Cl. The van der Waals surface area contributed by atoms with Gasteiger partial charge in [0, 0.05) is 0 Å². The van der Waals surface area contributed by atoms with E-state index in [1.165, 1.54) is 0 Å². The minimum absolute atomic E-state index is 0.169. The number of esters is 1. The van der Waals surface area contributed by atoms with Gasteiger partial charge in [-0.05, 0) is 18.4 Å². The molecule has 1 heterocycles. The lowest BCUT2D eigenvalue weighted by Crippen LogP contribution is -2.10. The molecule has 1 aromatic heterocycles. The smallest absolute Gasteiger partial charge is 0.346 e. The number of hydrogen-bond acceptors (Lipinski definition) is 3. The third-order valence-electron chi connectivity index (χ3n) is 1.37. The van der Waals surface area contributed by atoms with Gasteiger partial charge in [-0.2, -0.15) is 0 Å². The Bertz CT molecular complexity index is 300. The van der Waals surface area contributed by atoms with Crippen molar-refractivity contribution >= 4 is 28.9 Å². The monoisotopic (exact) mass is 222 g/mol. The van der Waals surface area contributed by atoms with Crippen LogP contribution in [0.15, 0.2) is 11.4 Å². The average Bonchev–Trinajstić information content (AvgIpc) is 2.50. The molecule has 1 atom stereocenters. The lowest BCUT2D eigenvalue weighted by Gasteiger charge is -2.05. The van der Waals surface area contributed by atoms with Crippen molar-refractivity contribution in [2.75, 3.05) is 6.61 Å². The summed E-state index contributed by atoms with van der Waals surface area (Å²) in [5.41, 5.74) is 0. The summed E-state index contributed by atoms with van der Waals surface area (Å²) >= 11 is 6.75. The second-order valence-electron chi connectivity index (χ2n) is 2.25. The molecule has 0 saturated heterocycles. The predicted octanol–water partition coefficient (Wildman–Crippen LogP) is 2.98. The number of hydrogen-bond donors (Lipinski definition) is 0. The molecule has 0 saturated carbocycles. The number of carbonyl (C=O) groups is 1. The highest BCUT2D eigenvalue weighted by atomic mass is 35.5. The zero-order chi connectivity index (χ0) is 9.84. The van der Waals surface area contributed by atoms with Gasteiger partial charge in [0.1, 0.15) is 0 Å². The lowest BCUT2D eigenvalue weighted by atomic mass is 10.3. The summed E-state index contributed by atoms with van der Waals surface area (Å²) in [7, 11) is 0. The first-order valence-electron chi connectivity index (χ1n) is 3.70. The molecule has 1 unspecified atom stereocenters. The van der Waals surface area contributed by atoms with E-state index in [2.05, 4.69) is 4.74 Å². The van der Waals surface area contributed by atoms with Crippen LogP contribution in [-0.4, -0.2) is 12.6 Å². The van der Waals surface area contributed by atoms with E-state index in [4.69, 9.17) is 11.6 Å². The van der Waals surface area contributed by atoms with Crippen molar-refractivity contribution in [1.82, 2.24) is 0 Å². The van der Waals surface area contributed by atoms with Crippen LogP contribution in [0.1, 0.15) is 18.0 Å². The van der Waals surface area contributed by atoms with Crippen LogP contribution in [0.25, 0.3) is 0 Å². The molecule has 1 aromatic rings. The largest absolute Gasteiger partial charge is 0.464 e. The maximum Gasteiger partial charge on any atom is 0.346 e. The molecular formula is C8H8ClFO2S. The molecule has 0 aliphatic heterocycles. The fourth-order valence-electron chi connectivity index (χ4n) is 0.809. The van der Waals surface area contributed by atoms with Gasteiger partial charge in [0.15, 0.2) is 0 Å². The standard InChI is InChI=1S/C8H8ClFO2S/c1-2-12-8(11)6(10)7-5(9)3-4-13-7/h3-4,6H,2H2,1H3. The number of thiophene rings is 1. The molecular weight excluding hydrogens is 215 g/mol. The van der Waals surface area contributed by atoms with Crippen molar-refractivity contribution in [1.29, 1.82) is 0 Å². The minimum atomic E-state index is -1.76. The van der Waals surface area contributed by atoms with Gasteiger partial charge < -0.3 is 4.74 Å². The summed E-state index contributed by atoms with van der Waals surface area (Å²) in [5.74, 6) is -0.883. The number of alkyl halides is 1. The summed E-state index contributed by atoms with van der Waals surface area (Å²) in [6.07, 6.45) is -1.76. The Morgan fingerprint density at radius 1 is 1.85 bits per heavy atom. The number of halogens is 2. The molecule has 0 spiro atoms. The maximum absolute atomic E-state index is 13.3. The Balaban J connectivity index is 2.73. The van der Waals surface area contributed by atoms with E-state index in [1.54, 1.807) is 18.4 Å². The Labute approximate surface area is 84.3 Å². The van der Waals surface area contributed by atoms with Crippen LogP contribution < -0.4 is 0 Å². The quantitative estimate of drug-likeness (QED) is 0.735. The van der Waals surface area contributed by atoms with Gasteiger partial charge in [0.2, 0.25) is 6.17 Å². The van der Waals surface area contributed by atoms with E-state index in [1.807, 2.05) is 0 Å². The summed E-state index contributed by atoms with van der Waals surface area (Å²) in [6.45, 7) is 1.79. The first kappa shape index (κ1) is 10.5. The zero-order valence-corrected chi connectivity index (χ0v) is 8.49. The first-order chi connectivity index (χ1) is 6.16. The Morgan fingerprint density at radius 3 is 3.00 bits per heavy atom. The molecule has 0 radical (unpaired) electrons. The fourth-order valence-corrected chi connectivity index (χ4v) is 1.92. The van der Waals surface area contributed by atoms with Crippen molar-refractivity contribution in [2.45, 2.75) is 13.1 Å². The first-order valence-corrected chi connectivity index (χ1v) is 4.96. The topological polar surface area (TPSA) is 26.3 Å². The fraction of sp³-hybridized carbons (Fsp3) is 0.375. The van der Waals surface area contributed by atoms with Crippen molar-refractivity contribution < 1.29 is 13.9 Å². The van der Waals surface area contributed by atoms with Gasteiger partial charge in [0.25, 0.3) is 0 Å². The maximum atomic E-state index is 13.3. The number of ether oxygens (including phenoxy) is 1. The molecule has 0 aliphatic rings. The van der Waals surface area contributed by atoms with Crippen molar-refractivity contribution in [3.05, 3.63) is 21.3 Å². The van der Waals surface area contributed by atoms with Crippen LogP contribution in [0.2, 0.25) is 5.02 Å². The Kier molecular flexibility index (Phi) is 3.69. The van der Waals surface area contributed by atoms with Crippen molar-refractivity contribution in [2.24, 2.45) is 0 Å². The number of rotatable bonds is 3. The molecule has 0 aromatic carbocycles. The Morgan fingerprint density at radius 2 is 2.54 bits per heavy atom. The van der Waals surface area contributed by atoms with Crippen LogP contribution in [-0.2, 0) is 9.53 Å². The molecule has 0 fully saturated rings. The van der Waals surface area contributed by atoms with E-state index in [-0.39, 0.29) is 16.5 Å². The normalized spacial score (nSPS) is 12.5. The molecule has 0 N–H and O–H groups in total. The second-order valence-corrected chi connectivity index (χ2v) is 3.60. The van der Waals surface area contributed by atoms with Crippen LogP contribution in [0, 0.1) is 0 Å². The van der Waals surface area contributed by atoms with Crippen LogP contribution >= 0.6 is 22.9 Å². The summed E-state index contributed by atoms with van der Waals surface area (Å²) in [5, 5.41) is 1.90. The van der Waals surface area contributed by atoms with Gasteiger partial charge >= 0.3 is 5.97 Å². The number of carbonyl (C=O) groups excluding carboxylic acids is 1. The minimum Gasteiger partial charge on any atom is -0.464 e. The van der Waals surface area contributed by atoms with Gasteiger partial charge in [0.05, 0.1) is 16.5 Å². The molecule has 13 heavy (non-hydrogen) atoms. The molecule has 72 valence electrons. The molecule has 2 nitrogen and oxygen atoms in total. The molecule has 1 rings (SSSR count). The molecule has 0 bridgehead atoms. The van der Waals surface area contributed by atoms with Crippen molar-refractivity contribution in [3.8, 4) is 0 Å². The highest BCUT2D eigenvalue weighted by molar-refractivity contribution is 7.10. The van der Waals surface area contributed by atoms with Crippen LogP contribution in [0.5, 0.6) is 0 Å². The third kappa shape index (κ3) is 2.42. The second kappa shape index (κ2) is 4.58. The van der Waals surface area contributed by atoms with Gasteiger partial charge in [-0.1, -0.05) is 11.6 Å². The van der Waals surface area contributed by atoms with Gasteiger partial charge in [-0.3, -0.25) is 0 Å². The highest BCUT2D eigenvalue weighted by Gasteiger charge is 2.24. The zero-order valence-electron chi connectivity index (χ0n) is 6.92. The predicted molar refractivity (Wildman–Crippen MR) is 49.8 cm³/mol. The van der Waals surface area contributed by atoms with Crippen LogP contribution in [0.4, 0.5) is 4.39 Å². The van der Waals surface area contributed by atoms with Gasteiger partial charge in [-0.25, -0.2) is 9.18 Å². The average molecular weight is 223 g/mol. The van der Waals surface area contributed by atoms with Crippen LogP contribution in [0.3, 0.4) is 0 Å². The molecule has 5 heteroatoms. The van der Waals surface area contributed by atoms with E-state index < -0.39 is 12.1 Å². The molecule has 0 amide bonds. The molecule has 0 aliphatic carbocycles. The third-order valence-corrected chi connectivity index (χ3v) is 2.76.